The molecule has 0 bridgehead atoms. The van der Waals surface area contributed by atoms with Gasteiger partial charge in [0.05, 0.1) is 12.2 Å². The summed E-state index contributed by atoms with van der Waals surface area (Å²) in [6.07, 6.45) is 0. The van der Waals surface area contributed by atoms with Crippen LogP contribution in [0.25, 0.3) is 0 Å². The first-order chi connectivity index (χ1) is 7.47. The highest BCUT2D eigenvalue weighted by Crippen LogP contribution is 1.98. The van der Waals surface area contributed by atoms with E-state index in [0.29, 0.717) is 11.3 Å². The average Bonchev–Trinajstić information content (AvgIpc) is 2.22. The molecule has 0 fully saturated rings. The summed E-state index contributed by atoms with van der Waals surface area (Å²) in [5.74, 6) is -1.39. The summed E-state index contributed by atoms with van der Waals surface area (Å²) < 4.78 is 10.2. The van der Waals surface area contributed by atoms with Crippen LogP contribution < -0.4 is 11.4 Å². The summed E-state index contributed by atoms with van der Waals surface area (Å²) in [6.45, 7) is 4.77. The molecule has 0 N–H and O–H groups in total. The smallest absolute Gasteiger partial charge is 0.422 e. The zero-order valence-electron chi connectivity index (χ0n) is 9.40. The van der Waals surface area contributed by atoms with Crippen molar-refractivity contribution in [1.82, 2.24) is 4.57 Å². The maximum absolute atomic E-state index is 11.3. The largest absolute Gasteiger partial charge is 0.465 e. The van der Waals surface area contributed by atoms with Crippen molar-refractivity contribution >= 4 is 5.97 Å². The van der Waals surface area contributed by atoms with Crippen molar-refractivity contribution in [3.8, 4) is 0 Å². The molecule has 1 aromatic rings. The number of esters is 1. The van der Waals surface area contributed by atoms with Crippen LogP contribution in [0.2, 0.25) is 0 Å². The quantitative estimate of drug-likeness (QED) is 0.678. The summed E-state index contributed by atoms with van der Waals surface area (Å²) >= 11 is 0. The highest BCUT2D eigenvalue weighted by atomic mass is 16.5. The van der Waals surface area contributed by atoms with Gasteiger partial charge in [-0.15, -0.1) is 0 Å². The second-order valence-corrected chi connectivity index (χ2v) is 3.26. The van der Waals surface area contributed by atoms with Crippen LogP contribution in [0, 0.1) is 13.8 Å². The third-order valence-corrected chi connectivity index (χ3v) is 2.25. The van der Waals surface area contributed by atoms with Gasteiger partial charge in [0.1, 0.15) is 6.54 Å². The van der Waals surface area contributed by atoms with Crippen LogP contribution in [0.15, 0.2) is 14.0 Å². The van der Waals surface area contributed by atoms with E-state index in [2.05, 4.69) is 4.42 Å². The number of ether oxygens (including phenoxy) is 1. The molecule has 0 aliphatic rings. The molecule has 1 rings (SSSR count). The molecule has 0 amide bonds. The molecule has 0 spiro atoms. The fraction of sp³-hybridized carbons (Fsp3) is 0.500. The molecule has 0 aliphatic carbocycles. The van der Waals surface area contributed by atoms with Crippen LogP contribution in [0.5, 0.6) is 0 Å². The van der Waals surface area contributed by atoms with Gasteiger partial charge >= 0.3 is 17.4 Å². The lowest BCUT2D eigenvalue weighted by atomic mass is 10.3. The fourth-order valence-corrected chi connectivity index (χ4v) is 1.22. The maximum Gasteiger partial charge on any atom is 0.422 e. The summed E-state index contributed by atoms with van der Waals surface area (Å²) in [4.78, 5) is 33.7. The van der Waals surface area contributed by atoms with Crippen molar-refractivity contribution < 1.29 is 13.9 Å². The van der Waals surface area contributed by atoms with E-state index in [0.717, 1.165) is 4.57 Å². The summed E-state index contributed by atoms with van der Waals surface area (Å²) in [6, 6.07) is 0. The number of carbonyl (C=O) groups excluding carboxylic acids is 1. The first kappa shape index (κ1) is 12.2. The molecule has 0 saturated heterocycles. The Morgan fingerprint density at radius 1 is 1.38 bits per heavy atom. The van der Waals surface area contributed by atoms with Gasteiger partial charge in [-0.25, -0.2) is 9.59 Å². The van der Waals surface area contributed by atoms with E-state index in [-0.39, 0.29) is 13.2 Å². The van der Waals surface area contributed by atoms with Crippen LogP contribution in [-0.4, -0.2) is 17.1 Å². The van der Waals surface area contributed by atoms with Gasteiger partial charge in [-0.2, -0.15) is 0 Å². The highest BCUT2D eigenvalue weighted by molar-refractivity contribution is 5.69. The van der Waals surface area contributed by atoms with Crippen molar-refractivity contribution in [2.24, 2.45) is 0 Å². The van der Waals surface area contributed by atoms with Gasteiger partial charge in [0.2, 0.25) is 0 Å². The molecular weight excluding hydrogens is 214 g/mol. The third-order valence-electron chi connectivity index (χ3n) is 2.25. The van der Waals surface area contributed by atoms with Crippen LogP contribution in [0.1, 0.15) is 18.2 Å². The maximum atomic E-state index is 11.3. The minimum Gasteiger partial charge on any atom is -0.465 e. The molecule has 1 aromatic heterocycles. The van der Waals surface area contributed by atoms with E-state index in [1.54, 1.807) is 13.8 Å². The van der Waals surface area contributed by atoms with Gasteiger partial charge in [0.15, 0.2) is 0 Å². The van der Waals surface area contributed by atoms with E-state index < -0.39 is 17.4 Å². The van der Waals surface area contributed by atoms with Crippen molar-refractivity contribution in [2.45, 2.75) is 27.3 Å². The Morgan fingerprint density at radius 3 is 2.56 bits per heavy atom. The second-order valence-electron chi connectivity index (χ2n) is 3.26. The van der Waals surface area contributed by atoms with E-state index in [1.165, 1.54) is 6.92 Å². The predicted molar refractivity (Wildman–Crippen MR) is 55.3 cm³/mol. The first-order valence-electron chi connectivity index (χ1n) is 4.84. The monoisotopic (exact) mass is 227 g/mol. The van der Waals surface area contributed by atoms with E-state index in [4.69, 9.17) is 4.74 Å². The Labute approximate surface area is 91.5 Å². The van der Waals surface area contributed by atoms with Gasteiger partial charge in [-0.1, -0.05) is 0 Å². The SMILES string of the molecule is CCOC(=O)Cn1c(C)c(C)c(=O)oc1=O. The van der Waals surface area contributed by atoms with Gasteiger partial charge in [-0.05, 0) is 20.8 Å². The number of rotatable bonds is 3. The third kappa shape index (κ3) is 2.39. The van der Waals surface area contributed by atoms with Gasteiger partial charge in [0, 0.05) is 5.69 Å². The molecule has 0 saturated carbocycles. The first-order valence-corrected chi connectivity index (χ1v) is 4.84. The molecule has 0 atom stereocenters. The number of nitrogens with zero attached hydrogens (tertiary/aromatic N) is 1. The molecule has 0 aliphatic heterocycles. The van der Waals surface area contributed by atoms with Gasteiger partial charge in [-0.3, -0.25) is 9.36 Å². The minimum atomic E-state index is -0.846. The molecule has 1 heterocycles. The lowest BCUT2D eigenvalue weighted by Crippen LogP contribution is -2.31. The average molecular weight is 227 g/mol. The Bertz CT molecular complexity index is 511. The number of carbonyl (C=O) groups is 1. The molecule has 6 heteroatoms. The molecule has 0 unspecified atom stereocenters. The van der Waals surface area contributed by atoms with Crippen LogP contribution >= 0.6 is 0 Å². The van der Waals surface area contributed by atoms with Crippen molar-refractivity contribution in [3.63, 3.8) is 0 Å². The van der Waals surface area contributed by atoms with Crippen LogP contribution in [-0.2, 0) is 16.1 Å². The Morgan fingerprint density at radius 2 is 2.00 bits per heavy atom. The summed E-state index contributed by atoms with van der Waals surface area (Å²) in [7, 11) is 0. The van der Waals surface area contributed by atoms with E-state index in [1.807, 2.05) is 0 Å². The van der Waals surface area contributed by atoms with E-state index in [9.17, 15) is 14.4 Å². The number of aromatic nitrogens is 1. The second kappa shape index (κ2) is 4.78. The Kier molecular flexibility index (Phi) is 3.65. The molecule has 88 valence electrons. The van der Waals surface area contributed by atoms with Crippen molar-refractivity contribution in [2.75, 3.05) is 6.61 Å². The minimum absolute atomic E-state index is 0.238. The normalized spacial score (nSPS) is 10.2. The molecular formula is C10H13NO5. The van der Waals surface area contributed by atoms with E-state index >= 15 is 0 Å². The predicted octanol–water partition coefficient (Wildman–Crippen LogP) is -0.0186. The highest BCUT2D eigenvalue weighted by Gasteiger charge is 2.12. The summed E-state index contributed by atoms with van der Waals surface area (Å²) in [5.41, 5.74) is 0.0424. The van der Waals surface area contributed by atoms with Crippen LogP contribution in [0.3, 0.4) is 0 Å². The zero-order chi connectivity index (χ0) is 12.3. The lowest BCUT2D eigenvalue weighted by Gasteiger charge is -2.08. The molecule has 0 aromatic carbocycles. The lowest BCUT2D eigenvalue weighted by molar-refractivity contribution is -0.144. The van der Waals surface area contributed by atoms with Gasteiger partial charge in [0.25, 0.3) is 0 Å². The molecule has 0 radical (unpaired) electrons. The van der Waals surface area contributed by atoms with Gasteiger partial charge < -0.3 is 9.15 Å². The number of hydrogen-bond acceptors (Lipinski definition) is 5. The zero-order valence-corrected chi connectivity index (χ0v) is 9.40. The number of hydrogen-bond donors (Lipinski definition) is 0. The summed E-state index contributed by atoms with van der Waals surface area (Å²) in [5, 5.41) is 0. The fourth-order valence-electron chi connectivity index (χ4n) is 1.22. The Balaban J connectivity index is 3.15. The van der Waals surface area contributed by atoms with Crippen molar-refractivity contribution in [3.05, 3.63) is 32.2 Å². The topological polar surface area (TPSA) is 78.5 Å². The van der Waals surface area contributed by atoms with Crippen LogP contribution in [0.4, 0.5) is 0 Å². The molecule has 6 nitrogen and oxygen atoms in total. The Hall–Kier alpha value is -1.85. The van der Waals surface area contributed by atoms with Crippen molar-refractivity contribution in [1.29, 1.82) is 0 Å². The standard InChI is InChI=1S/C10H13NO5/c1-4-15-8(12)5-11-7(3)6(2)9(13)16-10(11)14/h4-5H2,1-3H3. The molecule has 16 heavy (non-hydrogen) atoms.